The third-order valence-corrected chi connectivity index (χ3v) is 3.76. The molecule has 2 heterocycles. The first-order chi connectivity index (χ1) is 8.08. The third kappa shape index (κ3) is 2.86. The number of halogens is 1. The first-order valence-corrected chi connectivity index (χ1v) is 6.77. The van der Waals surface area contributed by atoms with Gasteiger partial charge in [-0.15, -0.1) is 0 Å². The Morgan fingerprint density at radius 1 is 1.41 bits per heavy atom. The van der Waals surface area contributed by atoms with Crippen molar-refractivity contribution in [3.8, 4) is 0 Å². The molecule has 1 amide bonds. The fourth-order valence-electron chi connectivity index (χ4n) is 2.52. The highest BCUT2D eigenvalue weighted by Gasteiger charge is 2.27. The van der Waals surface area contributed by atoms with E-state index in [-0.39, 0.29) is 5.91 Å². The van der Waals surface area contributed by atoms with E-state index in [1.54, 1.807) is 6.20 Å². The highest BCUT2D eigenvalue weighted by molar-refractivity contribution is 9.10. The average molecular weight is 297 g/mol. The van der Waals surface area contributed by atoms with Gasteiger partial charge in [0, 0.05) is 23.8 Å². The van der Waals surface area contributed by atoms with Gasteiger partial charge in [-0.25, -0.2) is 4.98 Å². The monoisotopic (exact) mass is 296 g/mol. The molecule has 0 aliphatic carbocycles. The molecule has 2 atom stereocenters. The summed E-state index contributed by atoms with van der Waals surface area (Å²) in [5.41, 5.74) is 0.522. The van der Waals surface area contributed by atoms with E-state index in [0.29, 0.717) is 17.5 Å². The van der Waals surface area contributed by atoms with E-state index in [9.17, 15) is 4.79 Å². The molecule has 4 heteroatoms. The number of carbonyl (C=O) groups is 1. The summed E-state index contributed by atoms with van der Waals surface area (Å²) >= 11 is 3.38. The summed E-state index contributed by atoms with van der Waals surface area (Å²) in [7, 11) is 0. The zero-order chi connectivity index (χ0) is 12.4. The van der Waals surface area contributed by atoms with Crippen LogP contribution in [0.3, 0.4) is 0 Å². The van der Waals surface area contributed by atoms with E-state index in [0.717, 1.165) is 17.6 Å². The summed E-state index contributed by atoms with van der Waals surface area (Å²) in [6.45, 7) is 6.07. The van der Waals surface area contributed by atoms with Crippen LogP contribution in [0.5, 0.6) is 0 Å². The predicted molar refractivity (Wildman–Crippen MR) is 70.8 cm³/mol. The number of hydrogen-bond donors (Lipinski definition) is 0. The van der Waals surface area contributed by atoms with Crippen LogP contribution in [-0.4, -0.2) is 28.9 Å². The molecule has 92 valence electrons. The van der Waals surface area contributed by atoms with Gasteiger partial charge in [-0.3, -0.25) is 4.79 Å². The van der Waals surface area contributed by atoms with E-state index in [2.05, 4.69) is 34.8 Å². The van der Waals surface area contributed by atoms with Gasteiger partial charge in [-0.2, -0.15) is 0 Å². The molecule has 0 bridgehead atoms. The molecule has 1 aromatic rings. The summed E-state index contributed by atoms with van der Waals surface area (Å²) < 4.78 is 0.774. The van der Waals surface area contributed by atoms with E-state index < -0.39 is 0 Å². The highest BCUT2D eigenvalue weighted by atomic mass is 79.9. The second-order valence-corrected chi connectivity index (χ2v) is 5.84. The Bertz CT molecular complexity index is 412. The van der Waals surface area contributed by atoms with Crippen LogP contribution in [0.2, 0.25) is 0 Å². The average Bonchev–Trinajstić information content (AvgIpc) is 2.27. The van der Waals surface area contributed by atoms with Gasteiger partial charge < -0.3 is 4.90 Å². The Morgan fingerprint density at radius 3 is 2.65 bits per heavy atom. The molecule has 1 saturated heterocycles. The molecule has 1 aliphatic heterocycles. The predicted octanol–water partition coefficient (Wildman–Crippen LogP) is 2.96. The van der Waals surface area contributed by atoms with E-state index in [1.165, 1.54) is 6.42 Å². The lowest BCUT2D eigenvalue weighted by Gasteiger charge is -2.34. The molecule has 3 nitrogen and oxygen atoms in total. The Morgan fingerprint density at radius 2 is 2.06 bits per heavy atom. The fourth-order valence-corrected chi connectivity index (χ4v) is 2.95. The maximum Gasteiger partial charge on any atom is 0.273 e. The van der Waals surface area contributed by atoms with Crippen molar-refractivity contribution in [1.29, 1.82) is 0 Å². The van der Waals surface area contributed by atoms with Gasteiger partial charge in [-0.05, 0) is 46.3 Å². The maximum absolute atomic E-state index is 12.3. The summed E-state index contributed by atoms with van der Waals surface area (Å²) in [4.78, 5) is 18.4. The normalized spacial score (nSPS) is 24.8. The van der Waals surface area contributed by atoms with Crippen molar-refractivity contribution in [2.45, 2.75) is 20.3 Å². The lowest BCUT2D eigenvalue weighted by atomic mass is 9.92. The van der Waals surface area contributed by atoms with Gasteiger partial charge in [0.15, 0.2) is 0 Å². The van der Waals surface area contributed by atoms with Gasteiger partial charge >= 0.3 is 0 Å². The molecule has 1 fully saturated rings. The van der Waals surface area contributed by atoms with E-state index in [4.69, 9.17) is 0 Å². The number of aromatic nitrogens is 1. The largest absolute Gasteiger partial charge is 0.337 e. The number of hydrogen-bond acceptors (Lipinski definition) is 2. The Kier molecular flexibility index (Phi) is 3.82. The quantitative estimate of drug-likeness (QED) is 0.798. The van der Waals surface area contributed by atoms with Crippen molar-refractivity contribution < 1.29 is 4.79 Å². The second kappa shape index (κ2) is 5.17. The molecule has 0 radical (unpaired) electrons. The molecule has 0 N–H and O–H groups in total. The minimum absolute atomic E-state index is 0.0378. The molecule has 17 heavy (non-hydrogen) atoms. The molecular weight excluding hydrogens is 280 g/mol. The lowest BCUT2D eigenvalue weighted by Crippen LogP contribution is -2.43. The number of nitrogens with zero attached hydrogens (tertiary/aromatic N) is 2. The first-order valence-electron chi connectivity index (χ1n) is 5.97. The van der Waals surface area contributed by atoms with Crippen LogP contribution in [0.4, 0.5) is 0 Å². The Hall–Kier alpha value is -0.900. The minimum Gasteiger partial charge on any atom is -0.337 e. The second-order valence-electron chi connectivity index (χ2n) is 4.99. The van der Waals surface area contributed by atoms with Crippen molar-refractivity contribution in [3.05, 3.63) is 28.5 Å². The SMILES string of the molecule is CC1CC(C)CN(C(=O)c2ncccc2Br)C1. The zero-order valence-electron chi connectivity index (χ0n) is 10.2. The van der Waals surface area contributed by atoms with Crippen LogP contribution in [0.1, 0.15) is 30.8 Å². The van der Waals surface area contributed by atoms with Crippen LogP contribution in [-0.2, 0) is 0 Å². The van der Waals surface area contributed by atoms with Crippen LogP contribution >= 0.6 is 15.9 Å². The molecule has 0 spiro atoms. The lowest BCUT2D eigenvalue weighted by molar-refractivity contribution is 0.0616. The number of rotatable bonds is 1. The minimum atomic E-state index is 0.0378. The first kappa shape index (κ1) is 12.6. The molecule has 2 rings (SSSR count). The van der Waals surface area contributed by atoms with E-state index >= 15 is 0 Å². The third-order valence-electron chi connectivity index (χ3n) is 3.12. The van der Waals surface area contributed by atoms with Gasteiger partial charge in [0.2, 0.25) is 0 Å². The van der Waals surface area contributed by atoms with Crippen molar-refractivity contribution >= 4 is 21.8 Å². The Balaban J connectivity index is 2.17. The summed E-state index contributed by atoms with van der Waals surface area (Å²) in [6, 6.07) is 3.68. The van der Waals surface area contributed by atoms with Crippen molar-refractivity contribution in [3.63, 3.8) is 0 Å². The standard InChI is InChI=1S/C13H17BrN2O/c1-9-6-10(2)8-16(7-9)13(17)12-11(14)4-3-5-15-12/h3-5,9-10H,6-8H2,1-2H3. The number of likely N-dealkylation sites (tertiary alicyclic amines) is 1. The molecule has 0 aromatic carbocycles. The number of pyridine rings is 1. The Labute approximate surface area is 110 Å². The molecule has 1 aliphatic rings. The zero-order valence-corrected chi connectivity index (χ0v) is 11.8. The van der Waals surface area contributed by atoms with Crippen LogP contribution < -0.4 is 0 Å². The smallest absolute Gasteiger partial charge is 0.273 e. The highest BCUT2D eigenvalue weighted by Crippen LogP contribution is 2.23. The number of carbonyl (C=O) groups excluding carboxylic acids is 1. The molecule has 2 unspecified atom stereocenters. The summed E-state index contributed by atoms with van der Waals surface area (Å²) in [5.74, 6) is 1.19. The fraction of sp³-hybridized carbons (Fsp3) is 0.538. The molecule has 1 aromatic heterocycles. The topological polar surface area (TPSA) is 33.2 Å². The van der Waals surface area contributed by atoms with Gasteiger partial charge in [0.25, 0.3) is 5.91 Å². The van der Waals surface area contributed by atoms with Gasteiger partial charge in [-0.1, -0.05) is 13.8 Å². The summed E-state index contributed by atoms with van der Waals surface area (Å²) in [6.07, 6.45) is 2.86. The van der Waals surface area contributed by atoms with Crippen molar-refractivity contribution in [2.24, 2.45) is 11.8 Å². The molecule has 0 saturated carbocycles. The molecular formula is C13H17BrN2O. The van der Waals surface area contributed by atoms with Gasteiger partial charge in [0.05, 0.1) is 0 Å². The van der Waals surface area contributed by atoms with Crippen LogP contribution in [0.25, 0.3) is 0 Å². The number of piperidine rings is 1. The van der Waals surface area contributed by atoms with Crippen LogP contribution in [0, 0.1) is 11.8 Å². The van der Waals surface area contributed by atoms with Crippen molar-refractivity contribution in [2.75, 3.05) is 13.1 Å². The van der Waals surface area contributed by atoms with Crippen molar-refractivity contribution in [1.82, 2.24) is 9.88 Å². The number of amides is 1. The maximum atomic E-state index is 12.3. The summed E-state index contributed by atoms with van der Waals surface area (Å²) in [5, 5.41) is 0. The van der Waals surface area contributed by atoms with Gasteiger partial charge in [0.1, 0.15) is 5.69 Å². The van der Waals surface area contributed by atoms with Crippen LogP contribution in [0.15, 0.2) is 22.8 Å². The van der Waals surface area contributed by atoms with E-state index in [1.807, 2.05) is 17.0 Å².